The maximum Gasteiger partial charge on any atom is 0.303 e. The van der Waals surface area contributed by atoms with Crippen LogP contribution in [0.2, 0.25) is 0 Å². The Morgan fingerprint density at radius 3 is 1.95 bits per heavy atom. The average Bonchev–Trinajstić information content (AvgIpc) is 2.96. The summed E-state index contributed by atoms with van der Waals surface area (Å²) in [6.45, 7) is 4.10. The zero-order valence-corrected chi connectivity index (χ0v) is 24.4. The molecule has 0 radical (unpaired) electrons. The molecule has 1 fully saturated rings. The zero-order valence-electron chi connectivity index (χ0n) is 24.4. The molecule has 44 heavy (non-hydrogen) atoms. The highest BCUT2D eigenvalue weighted by Crippen LogP contribution is 2.32. The summed E-state index contributed by atoms with van der Waals surface area (Å²) in [5.74, 6) is -1.92. The molecule has 0 saturated carbocycles. The number of carbonyl (C=O) groups excluding carboxylic acids is 4. The molecule has 1 saturated heterocycles. The first-order valence-corrected chi connectivity index (χ1v) is 13.3. The van der Waals surface area contributed by atoms with Gasteiger partial charge < -0.3 is 42.3 Å². The monoisotopic (exact) mass is 614 g/mol. The van der Waals surface area contributed by atoms with Crippen molar-refractivity contribution in [2.75, 3.05) is 13.7 Å². The predicted molar refractivity (Wildman–Crippen MR) is 148 cm³/mol. The minimum atomic E-state index is -1.46. The molecule has 1 aromatic heterocycles. The van der Waals surface area contributed by atoms with Crippen molar-refractivity contribution in [3.8, 4) is 23.0 Å². The van der Waals surface area contributed by atoms with E-state index in [1.54, 1.807) is 24.3 Å². The SMILES string of the molecule is COc1ccc(Oc2coc3cc(O[C@@H]4O[C@H](COC(C)=O)[C@@H](OC(C)=O)[C@H](OC(C)=O)[C@@H]4OC(C)=O)ccc3c2=O)cc1. The Morgan fingerprint density at radius 1 is 0.750 bits per heavy atom. The Bertz CT molecular complexity index is 1580. The molecule has 4 rings (SSSR count). The minimum Gasteiger partial charge on any atom is -0.497 e. The maximum absolute atomic E-state index is 13.1. The summed E-state index contributed by atoms with van der Waals surface area (Å²) in [5, 5.41) is 0.171. The molecule has 1 aliphatic rings. The van der Waals surface area contributed by atoms with Gasteiger partial charge in [-0.1, -0.05) is 0 Å². The number of hydrogen-bond acceptors (Lipinski definition) is 14. The molecule has 1 aliphatic heterocycles. The van der Waals surface area contributed by atoms with Crippen LogP contribution in [-0.4, -0.2) is 68.3 Å². The Labute approximate surface area is 250 Å². The van der Waals surface area contributed by atoms with Gasteiger partial charge in [0.2, 0.25) is 23.6 Å². The zero-order chi connectivity index (χ0) is 32.0. The second kappa shape index (κ2) is 13.9. The van der Waals surface area contributed by atoms with Gasteiger partial charge in [-0.2, -0.15) is 0 Å². The molecule has 2 aromatic carbocycles. The third-order valence-electron chi connectivity index (χ3n) is 6.20. The van der Waals surface area contributed by atoms with Crippen LogP contribution in [0.15, 0.2) is 57.9 Å². The Kier molecular flexibility index (Phi) is 10.1. The van der Waals surface area contributed by atoms with Crippen LogP contribution in [0.5, 0.6) is 23.0 Å². The first-order valence-electron chi connectivity index (χ1n) is 13.3. The quantitative estimate of drug-likeness (QED) is 0.241. The fourth-order valence-electron chi connectivity index (χ4n) is 4.42. The summed E-state index contributed by atoms with van der Waals surface area (Å²) in [7, 11) is 1.53. The summed E-state index contributed by atoms with van der Waals surface area (Å²) in [4.78, 5) is 60.7. The van der Waals surface area contributed by atoms with E-state index in [0.29, 0.717) is 11.5 Å². The molecular weight excluding hydrogens is 584 g/mol. The summed E-state index contributed by atoms with van der Waals surface area (Å²) in [6, 6.07) is 10.9. The van der Waals surface area contributed by atoms with Crippen LogP contribution < -0.4 is 19.6 Å². The van der Waals surface area contributed by atoms with E-state index in [9.17, 15) is 24.0 Å². The third kappa shape index (κ3) is 7.83. The van der Waals surface area contributed by atoms with Gasteiger partial charge >= 0.3 is 23.9 Å². The van der Waals surface area contributed by atoms with Crippen molar-refractivity contribution >= 4 is 34.8 Å². The summed E-state index contributed by atoms with van der Waals surface area (Å²) >= 11 is 0. The highest BCUT2D eigenvalue weighted by atomic mass is 16.7. The predicted octanol–water partition coefficient (Wildman–Crippen LogP) is 3.06. The lowest BCUT2D eigenvalue weighted by atomic mass is 9.98. The number of rotatable bonds is 10. The molecule has 0 unspecified atom stereocenters. The molecule has 3 aromatic rings. The van der Waals surface area contributed by atoms with Crippen LogP contribution in [0, 0.1) is 0 Å². The number of hydrogen-bond donors (Lipinski definition) is 0. The van der Waals surface area contributed by atoms with Gasteiger partial charge in [0, 0.05) is 33.8 Å². The topological polar surface area (TPSA) is 172 Å². The smallest absolute Gasteiger partial charge is 0.303 e. The first kappa shape index (κ1) is 31.8. The maximum atomic E-state index is 13.1. The van der Waals surface area contributed by atoms with Crippen LogP contribution in [-0.2, 0) is 42.9 Å². The van der Waals surface area contributed by atoms with E-state index in [2.05, 4.69) is 0 Å². The van der Waals surface area contributed by atoms with Gasteiger partial charge in [-0.25, -0.2) is 0 Å². The Hall–Kier alpha value is -5.11. The van der Waals surface area contributed by atoms with Gasteiger partial charge in [0.25, 0.3) is 0 Å². The molecule has 14 nitrogen and oxygen atoms in total. The van der Waals surface area contributed by atoms with E-state index in [-0.39, 0.29) is 22.5 Å². The molecule has 5 atom stereocenters. The lowest BCUT2D eigenvalue weighted by molar-refractivity contribution is -0.288. The molecule has 0 aliphatic carbocycles. The molecule has 0 N–H and O–H groups in total. The summed E-state index contributed by atoms with van der Waals surface area (Å²) in [5.41, 5.74) is -0.332. The van der Waals surface area contributed by atoms with Gasteiger partial charge in [0.1, 0.15) is 41.8 Å². The normalized spacial score (nSPS) is 21.1. The molecule has 0 spiro atoms. The van der Waals surface area contributed by atoms with Crippen molar-refractivity contribution in [2.45, 2.75) is 58.4 Å². The highest BCUT2D eigenvalue weighted by molar-refractivity contribution is 5.79. The number of carbonyl (C=O) groups is 4. The molecule has 0 amide bonds. The van der Waals surface area contributed by atoms with Crippen LogP contribution in [0.4, 0.5) is 0 Å². The highest BCUT2D eigenvalue weighted by Gasteiger charge is 2.53. The van der Waals surface area contributed by atoms with Crippen LogP contribution in [0.25, 0.3) is 11.0 Å². The molecule has 0 bridgehead atoms. The van der Waals surface area contributed by atoms with Gasteiger partial charge in [-0.05, 0) is 36.4 Å². The van der Waals surface area contributed by atoms with Crippen LogP contribution in [0.3, 0.4) is 0 Å². The lowest BCUT2D eigenvalue weighted by Gasteiger charge is -2.43. The van der Waals surface area contributed by atoms with Crippen molar-refractivity contribution in [1.29, 1.82) is 0 Å². The van der Waals surface area contributed by atoms with E-state index in [1.807, 2.05) is 0 Å². The number of esters is 4. The van der Waals surface area contributed by atoms with E-state index in [0.717, 1.165) is 27.0 Å². The fraction of sp³-hybridized carbons (Fsp3) is 0.367. The number of fused-ring (bicyclic) bond motifs is 1. The van der Waals surface area contributed by atoms with Crippen molar-refractivity contribution in [1.82, 2.24) is 0 Å². The second-order valence-electron chi connectivity index (χ2n) is 9.55. The largest absolute Gasteiger partial charge is 0.497 e. The lowest BCUT2D eigenvalue weighted by Crippen LogP contribution is -2.63. The number of ether oxygens (including phenoxy) is 8. The van der Waals surface area contributed by atoms with Crippen molar-refractivity contribution in [2.24, 2.45) is 0 Å². The van der Waals surface area contributed by atoms with E-state index >= 15 is 0 Å². The first-order chi connectivity index (χ1) is 20.9. The van der Waals surface area contributed by atoms with Crippen molar-refractivity contribution in [3.05, 3.63) is 59.0 Å². The second-order valence-corrected chi connectivity index (χ2v) is 9.55. The number of methoxy groups -OCH3 is 1. The van der Waals surface area contributed by atoms with Gasteiger partial charge in [0.05, 0.1) is 12.5 Å². The molecule has 14 heteroatoms. The molecule has 2 heterocycles. The van der Waals surface area contributed by atoms with Crippen LogP contribution >= 0.6 is 0 Å². The van der Waals surface area contributed by atoms with E-state index in [4.69, 9.17) is 42.3 Å². The van der Waals surface area contributed by atoms with Gasteiger partial charge in [0.15, 0.2) is 12.2 Å². The molecular formula is C30H30O14. The van der Waals surface area contributed by atoms with E-state index in [1.165, 1.54) is 32.2 Å². The minimum absolute atomic E-state index is 0.0593. The average molecular weight is 615 g/mol. The fourth-order valence-corrected chi connectivity index (χ4v) is 4.42. The van der Waals surface area contributed by atoms with Crippen LogP contribution in [0.1, 0.15) is 27.7 Å². The third-order valence-corrected chi connectivity index (χ3v) is 6.20. The number of benzene rings is 2. The standard InChI is InChI=1S/C30H30O14/c1-15(31)37-14-25-27(39-16(2)32)28(40-17(3)33)29(41-18(4)34)30(44-25)43-21-10-11-22-23(12-21)38-13-24(26(22)35)42-20-8-6-19(36-5)7-9-20/h6-13,25,27-30H,14H2,1-5H3/t25-,27-,28+,29+,30-/m1/s1. The summed E-state index contributed by atoms with van der Waals surface area (Å²) < 4.78 is 49.6. The van der Waals surface area contributed by atoms with Crippen molar-refractivity contribution < 1.29 is 61.5 Å². The summed E-state index contributed by atoms with van der Waals surface area (Å²) in [6.07, 6.45) is -5.68. The Balaban J connectivity index is 1.65. The van der Waals surface area contributed by atoms with Gasteiger partial charge in [-0.3, -0.25) is 24.0 Å². The van der Waals surface area contributed by atoms with E-state index < -0.39 is 66.6 Å². The van der Waals surface area contributed by atoms with Gasteiger partial charge in [-0.15, -0.1) is 0 Å². The Morgan fingerprint density at radius 2 is 1.34 bits per heavy atom. The van der Waals surface area contributed by atoms with Crippen molar-refractivity contribution in [3.63, 3.8) is 0 Å². The molecule has 234 valence electrons.